The monoisotopic (exact) mass is 455 g/mol. The minimum absolute atomic E-state index is 0.161. The fraction of sp³-hybridized carbons (Fsp3) is 0.852. The molecule has 4 fully saturated rings. The van der Waals surface area contributed by atoms with E-state index >= 15 is 0 Å². The van der Waals surface area contributed by atoms with Crippen LogP contribution in [0.25, 0.3) is 0 Å². The van der Waals surface area contributed by atoms with Crippen LogP contribution in [0.4, 0.5) is 0 Å². The van der Waals surface area contributed by atoms with Gasteiger partial charge in [0.05, 0.1) is 36.1 Å². The van der Waals surface area contributed by atoms with Crippen molar-refractivity contribution >= 4 is 0 Å². The highest BCUT2D eigenvalue weighted by atomic mass is 16.5. The van der Waals surface area contributed by atoms with E-state index in [1.165, 1.54) is 32.1 Å². The minimum Gasteiger partial charge on any atom is -0.388 e. The number of nitriles is 1. The van der Waals surface area contributed by atoms with Crippen molar-refractivity contribution in [1.82, 2.24) is 9.78 Å². The molecule has 0 aliphatic heterocycles. The van der Waals surface area contributed by atoms with Gasteiger partial charge in [0.25, 0.3) is 0 Å². The van der Waals surface area contributed by atoms with Crippen molar-refractivity contribution in [1.29, 1.82) is 5.26 Å². The molecule has 6 nitrogen and oxygen atoms in total. The standard InChI is InChI=1S/C27H41N3O3/c1-25-10-8-21-20-9-11-27(32,17-33-3)12-19(20)4-5-22(21)23(25)6-7-24(25)26(2,31)16-30-15-18(13-28)14-29-30/h14-15,19-24,31-32H,4-12,16-17H2,1-3H3/t19-,20+,21-,22-,23+,24+,25+,26?,27-/m1/s1. The van der Waals surface area contributed by atoms with Crippen LogP contribution in [0.3, 0.4) is 0 Å². The summed E-state index contributed by atoms with van der Waals surface area (Å²) in [6.07, 6.45) is 13.5. The predicted molar refractivity (Wildman–Crippen MR) is 125 cm³/mol. The van der Waals surface area contributed by atoms with E-state index in [4.69, 9.17) is 10.00 Å². The molecule has 1 aromatic heterocycles. The van der Waals surface area contributed by atoms with Crippen molar-refractivity contribution in [3.63, 3.8) is 0 Å². The van der Waals surface area contributed by atoms with E-state index in [1.54, 1.807) is 24.2 Å². The lowest BCUT2D eigenvalue weighted by molar-refractivity contribution is -0.138. The molecule has 4 aliphatic carbocycles. The highest BCUT2D eigenvalue weighted by Gasteiger charge is 2.60. The van der Waals surface area contributed by atoms with Crippen molar-refractivity contribution < 1.29 is 14.9 Å². The van der Waals surface area contributed by atoms with E-state index in [0.717, 1.165) is 43.4 Å². The number of hydrogen-bond acceptors (Lipinski definition) is 5. The maximum atomic E-state index is 11.7. The Kier molecular flexibility index (Phi) is 5.91. The Morgan fingerprint density at radius 2 is 1.97 bits per heavy atom. The second kappa shape index (κ2) is 8.36. The molecule has 2 N–H and O–H groups in total. The fourth-order valence-corrected chi connectivity index (χ4v) is 9.33. The van der Waals surface area contributed by atoms with Crippen LogP contribution in [0.1, 0.15) is 77.2 Å². The molecule has 0 bridgehead atoms. The van der Waals surface area contributed by atoms with Crippen LogP contribution in [0.15, 0.2) is 12.4 Å². The second-order valence-corrected chi connectivity index (χ2v) is 12.4. The molecule has 1 aromatic rings. The summed E-state index contributed by atoms with van der Waals surface area (Å²) in [5, 5.41) is 36.1. The average molecular weight is 456 g/mol. The summed E-state index contributed by atoms with van der Waals surface area (Å²) >= 11 is 0. The van der Waals surface area contributed by atoms with Crippen LogP contribution in [-0.4, -0.2) is 44.9 Å². The van der Waals surface area contributed by atoms with Crippen LogP contribution in [0, 0.1) is 52.3 Å². The van der Waals surface area contributed by atoms with Gasteiger partial charge in [-0.3, -0.25) is 4.68 Å². The largest absolute Gasteiger partial charge is 0.388 e. The van der Waals surface area contributed by atoms with Gasteiger partial charge < -0.3 is 14.9 Å². The molecule has 0 radical (unpaired) electrons. The quantitative estimate of drug-likeness (QED) is 0.696. The minimum atomic E-state index is -0.840. The van der Waals surface area contributed by atoms with E-state index in [9.17, 15) is 10.2 Å². The first-order valence-electron chi connectivity index (χ1n) is 13.1. The fourth-order valence-electron chi connectivity index (χ4n) is 9.33. The maximum absolute atomic E-state index is 11.7. The van der Waals surface area contributed by atoms with E-state index in [2.05, 4.69) is 18.1 Å². The van der Waals surface area contributed by atoms with Crippen LogP contribution in [-0.2, 0) is 11.3 Å². The third-order valence-corrected chi connectivity index (χ3v) is 10.5. The van der Waals surface area contributed by atoms with Crippen molar-refractivity contribution in [3.8, 4) is 6.07 Å². The molecular formula is C27H41N3O3. The van der Waals surface area contributed by atoms with E-state index in [-0.39, 0.29) is 11.3 Å². The zero-order chi connectivity index (χ0) is 23.4. The number of nitrogens with zero attached hydrogens (tertiary/aromatic N) is 3. The highest BCUT2D eigenvalue weighted by molar-refractivity contribution is 5.21. The van der Waals surface area contributed by atoms with E-state index in [1.807, 2.05) is 6.92 Å². The van der Waals surface area contributed by atoms with Crippen molar-refractivity contribution in [2.24, 2.45) is 40.9 Å². The number of ether oxygens (including phenoxy) is 1. The lowest BCUT2D eigenvalue weighted by atomic mass is 9.48. The molecule has 6 heteroatoms. The van der Waals surface area contributed by atoms with Crippen LogP contribution >= 0.6 is 0 Å². The van der Waals surface area contributed by atoms with Gasteiger partial charge in [-0.2, -0.15) is 10.4 Å². The summed E-state index contributed by atoms with van der Waals surface area (Å²) in [5.41, 5.74) is -0.758. The Balaban J connectivity index is 1.31. The molecular weight excluding hydrogens is 414 g/mol. The average Bonchev–Trinajstić information content (AvgIpc) is 3.36. The molecule has 182 valence electrons. The molecule has 0 saturated heterocycles. The highest BCUT2D eigenvalue weighted by Crippen LogP contribution is 2.66. The number of aliphatic hydroxyl groups is 2. The van der Waals surface area contributed by atoms with Gasteiger partial charge >= 0.3 is 0 Å². The summed E-state index contributed by atoms with van der Waals surface area (Å²) in [7, 11) is 1.70. The molecule has 1 unspecified atom stereocenters. The third-order valence-electron chi connectivity index (χ3n) is 10.5. The number of hydrogen-bond donors (Lipinski definition) is 2. The van der Waals surface area contributed by atoms with Crippen LogP contribution in [0.2, 0.25) is 0 Å². The maximum Gasteiger partial charge on any atom is 0.102 e. The van der Waals surface area contributed by atoms with Gasteiger partial charge in [0.2, 0.25) is 0 Å². The third kappa shape index (κ3) is 3.94. The number of rotatable bonds is 5. The molecule has 0 amide bonds. The normalized spacial score (nSPS) is 44.2. The van der Waals surface area contributed by atoms with Gasteiger partial charge in [0.15, 0.2) is 0 Å². The first-order valence-corrected chi connectivity index (χ1v) is 13.1. The van der Waals surface area contributed by atoms with Crippen molar-refractivity contribution in [2.75, 3.05) is 13.7 Å². The molecule has 4 aliphatic rings. The van der Waals surface area contributed by atoms with Gasteiger partial charge in [-0.1, -0.05) is 6.92 Å². The number of methoxy groups -OCH3 is 1. The Hall–Kier alpha value is -1.42. The molecule has 0 aromatic carbocycles. The summed E-state index contributed by atoms with van der Waals surface area (Å²) in [6.45, 7) is 5.35. The topological polar surface area (TPSA) is 91.3 Å². The zero-order valence-corrected chi connectivity index (χ0v) is 20.5. The second-order valence-electron chi connectivity index (χ2n) is 12.4. The van der Waals surface area contributed by atoms with Gasteiger partial charge in [0.1, 0.15) is 6.07 Å². The number of fused-ring (bicyclic) bond motifs is 5. The van der Waals surface area contributed by atoms with Crippen molar-refractivity contribution in [2.45, 2.75) is 89.4 Å². The smallest absolute Gasteiger partial charge is 0.102 e. The Labute approximate surface area is 198 Å². The number of aromatic nitrogens is 2. The molecule has 9 atom stereocenters. The Bertz CT molecular complexity index is 907. The van der Waals surface area contributed by atoms with Crippen LogP contribution in [0.5, 0.6) is 0 Å². The summed E-state index contributed by atoms with van der Waals surface area (Å²) in [6, 6.07) is 2.13. The van der Waals surface area contributed by atoms with E-state index < -0.39 is 11.2 Å². The first-order chi connectivity index (χ1) is 15.7. The first kappa shape index (κ1) is 23.3. The SMILES string of the molecule is COC[C@@]1(O)CC[C@H]2[C@H](CC[C@@H]3[C@@H]2CC[C@]2(C)[C@@H](C(C)(O)Cn4cc(C#N)cn4)CC[C@@H]32)C1. The zero-order valence-electron chi connectivity index (χ0n) is 20.5. The van der Waals surface area contributed by atoms with Gasteiger partial charge in [-0.25, -0.2) is 0 Å². The molecule has 1 heterocycles. The summed E-state index contributed by atoms with van der Waals surface area (Å²) in [4.78, 5) is 0. The van der Waals surface area contributed by atoms with Gasteiger partial charge in [0, 0.05) is 13.3 Å². The van der Waals surface area contributed by atoms with Gasteiger partial charge in [-0.05, 0) is 106 Å². The van der Waals surface area contributed by atoms with E-state index in [0.29, 0.717) is 30.6 Å². The van der Waals surface area contributed by atoms with Crippen LogP contribution < -0.4 is 0 Å². The van der Waals surface area contributed by atoms with Gasteiger partial charge in [-0.15, -0.1) is 0 Å². The Morgan fingerprint density at radius 1 is 1.18 bits per heavy atom. The summed E-state index contributed by atoms with van der Waals surface area (Å²) in [5.74, 6) is 3.86. The summed E-state index contributed by atoms with van der Waals surface area (Å²) < 4.78 is 7.08. The molecule has 33 heavy (non-hydrogen) atoms. The lowest BCUT2D eigenvalue weighted by Crippen LogP contribution is -2.54. The lowest BCUT2D eigenvalue weighted by Gasteiger charge is -2.58. The Morgan fingerprint density at radius 3 is 2.70 bits per heavy atom. The van der Waals surface area contributed by atoms with Crippen molar-refractivity contribution in [3.05, 3.63) is 18.0 Å². The molecule has 5 rings (SSSR count). The predicted octanol–water partition coefficient (Wildman–Crippen LogP) is 4.15. The molecule has 0 spiro atoms. The molecule has 4 saturated carbocycles.